The summed E-state index contributed by atoms with van der Waals surface area (Å²) in [6, 6.07) is 9.17. The molecule has 19 heavy (non-hydrogen) atoms. The number of hydrogen-bond acceptors (Lipinski definition) is 3. The summed E-state index contributed by atoms with van der Waals surface area (Å²) in [7, 11) is 0. The lowest BCUT2D eigenvalue weighted by Gasteiger charge is -2.20. The van der Waals surface area contributed by atoms with Crippen molar-refractivity contribution in [1.29, 1.82) is 0 Å². The first-order valence-corrected chi connectivity index (χ1v) is 8.05. The van der Waals surface area contributed by atoms with E-state index >= 15 is 0 Å². The number of benzene rings is 1. The second kappa shape index (κ2) is 6.07. The van der Waals surface area contributed by atoms with E-state index in [1.54, 1.807) is 17.0 Å². The monoisotopic (exact) mass is 402 g/mol. The van der Waals surface area contributed by atoms with Crippen LogP contribution in [-0.2, 0) is 0 Å². The highest BCUT2D eigenvalue weighted by Gasteiger charge is 2.19. The Labute approximate surface area is 132 Å². The number of amides is 1. The van der Waals surface area contributed by atoms with Crippen molar-refractivity contribution in [3.05, 3.63) is 43.5 Å². The van der Waals surface area contributed by atoms with E-state index in [1.807, 2.05) is 25.1 Å². The zero-order chi connectivity index (χ0) is 14.0. The molecule has 1 aromatic carbocycles. The number of halogens is 2. The second-order valence-corrected chi connectivity index (χ2v) is 7.10. The SMILES string of the molecule is CCN(C(=O)c1cc(Br)c(Br)s1)c1cccc(N)c1. The highest BCUT2D eigenvalue weighted by molar-refractivity contribution is 9.13. The number of nitrogen functional groups attached to an aromatic ring is 1. The molecule has 1 aromatic heterocycles. The maximum Gasteiger partial charge on any atom is 0.268 e. The number of carbonyl (C=O) groups excluding carboxylic acids is 1. The zero-order valence-corrected chi connectivity index (χ0v) is 14.2. The highest BCUT2D eigenvalue weighted by Crippen LogP contribution is 2.33. The number of anilines is 2. The van der Waals surface area contributed by atoms with Gasteiger partial charge in [-0.25, -0.2) is 0 Å². The smallest absolute Gasteiger partial charge is 0.268 e. The Balaban J connectivity index is 2.34. The van der Waals surface area contributed by atoms with Gasteiger partial charge in [0, 0.05) is 22.4 Å². The van der Waals surface area contributed by atoms with Crippen molar-refractivity contribution in [1.82, 2.24) is 0 Å². The van der Waals surface area contributed by atoms with Crippen LogP contribution in [0.3, 0.4) is 0 Å². The summed E-state index contributed by atoms with van der Waals surface area (Å²) in [5, 5.41) is 0. The maximum absolute atomic E-state index is 12.5. The van der Waals surface area contributed by atoms with Crippen LogP contribution < -0.4 is 10.6 Å². The average Bonchev–Trinajstić information content (AvgIpc) is 2.70. The standard InChI is InChI=1S/C13H12Br2N2OS/c1-2-17(9-5-3-4-8(16)6-9)13(18)11-7-10(14)12(15)19-11/h3-7H,2,16H2,1H3. The molecule has 0 aliphatic heterocycles. The largest absolute Gasteiger partial charge is 0.399 e. The van der Waals surface area contributed by atoms with Gasteiger partial charge in [-0.05, 0) is 63.0 Å². The lowest BCUT2D eigenvalue weighted by Crippen LogP contribution is -2.29. The molecule has 0 aliphatic carbocycles. The summed E-state index contributed by atoms with van der Waals surface area (Å²) in [5.41, 5.74) is 7.23. The molecule has 0 aliphatic rings. The molecular weight excluding hydrogens is 392 g/mol. The fraction of sp³-hybridized carbons (Fsp3) is 0.154. The number of thiophene rings is 1. The van der Waals surface area contributed by atoms with Gasteiger partial charge < -0.3 is 10.6 Å². The predicted molar refractivity (Wildman–Crippen MR) is 87.9 cm³/mol. The summed E-state index contributed by atoms with van der Waals surface area (Å²) in [6.45, 7) is 2.54. The van der Waals surface area contributed by atoms with Crippen LogP contribution in [0.15, 0.2) is 38.6 Å². The van der Waals surface area contributed by atoms with Gasteiger partial charge in [-0.1, -0.05) is 6.07 Å². The summed E-state index contributed by atoms with van der Waals surface area (Å²) in [6.07, 6.45) is 0. The average molecular weight is 404 g/mol. The molecule has 2 rings (SSSR count). The van der Waals surface area contributed by atoms with Crippen molar-refractivity contribution >= 4 is 60.5 Å². The van der Waals surface area contributed by atoms with Crippen LogP contribution in [0.5, 0.6) is 0 Å². The Morgan fingerprint density at radius 3 is 2.63 bits per heavy atom. The Morgan fingerprint density at radius 2 is 2.11 bits per heavy atom. The van der Waals surface area contributed by atoms with Gasteiger partial charge in [-0.2, -0.15) is 0 Å². The molecule has 0 radical (unpaired) electrons. The summed E-state index contributed by atoms with van der Waals surface area (Å²) >= 11 is 8.21. The molecule has 2 aromatic rings. The minimum atomic E-state index is -0.0236. The quantitative estimate of drug-likeness (QED) is 0.765. The first-order valence-electron chi connectivity index (χ1n) is 5.65. The van der Waals surface area contributed by atoms with Crippen molar-refractivity contribution in [2.24, 2.45) is 0 Å². The molecule has 0 atom stereocenters. The summed E-state index contributed by atoms with van der Waals surface area (Å²) in [5.74, 6) is -0.0236. The lowest BCUT2D eigenvalue weighted by atomic mass is 10.2. The molecule has 0 unspecified atom stereocenters. The third-order valence-electron chi connectivity index (χ3n) is 2.60. The van der Waals surface area contributed by atoms with Crippen molar-refractivity contribution in [2.75, 3.05) is 17.2 Å². The molecule has 0 saturated heterocycles. The van der Waals surface area contributed by atoms with Crippen LogP contribution in [0.25, 0.3) is 0 Å². The Morgan fingerprint density at radius 1 is 1.37 bits per heavy atom. The fourth-order valence-corrected chi connectivity index (χ4v) is 3.71. The Kier molecular flexibility index (Phi) is 4.65. The number of nitrogens with two attached hydrogens (primary N) is 1. The van der Waals surface area contributed by atoms with Crippen LogP contribution in [-0.4, -0.2) is 12.5 Å². The van der Waals surface area contributed by atoms with Gasteiger partial charge in [0.15, 0.2) is 0 Å². The molecule has 3 nitrogen and oxygen atoms in total. The van der Waals surface area contributed by atoms with E-state index in [4.69, 9.17) is 5.73 Å². The van der Waals surface area contributed by atoms with Crippen molar-refractivity contribution in [2.45, 2.75) is 6.92 Å². The minimum Gasteiger partial charge on any atom is -0.399 e. The van der Waals surface area contributed by atoms with Gasteiger partial charge in [-0.3, -0.25) is 4.79 Å². The Hall–Kier alpha value is -0.850. The van der Waals surface area contributed by atoms with E-state index in [0.29, 0.717) is 17.1 Å². The molecule has 0 saturated carbocycles. The van der Waals surface area contributed by atoms with Crippen LogP contribution >= 0.6 is 43.2 Å². The van der Waals surface area contributed by atoms with Crippen LogP contribution in [0, 0.1) is 0 Å². The number of hydrogen-bond donors (Lipinski definition) is 1. The van der Waals surface area contributed by atoms with Crippen LogP contribution in [0.2, 0.25) is 0 Å². The first kappa shape index (κ1) is 14.6. The van der Waals surface area contributed by atoms with E-state index in [1.165, 1.54) is 11.3 Å². The van der Waals surface area contributed by atoms with E-state index < -0.39 is 0 Å². The summed E-state index contributed by atoms with van der Waals surface area (Å²) in [4.78, 5) is 14.9. The van der Waals surface area contributed by atoms with Crippen LogP contribution in [0.4, 0.5) is 11.4 Å². The number of rotatable bonds is 3. The molecule has 0 fully saturated rings. The van der Waals surface area contributed by atoms with Gasteiger partial charge in [0.1, 0.15) is 0 Å². The molecular formula is C13H12Br2N2OS. The molecule has 0 bridgehead atoms. The third kappa shape index (κ3) is 3.19. The van der Waals surface area contributed by atoms with Crippen LogP contribution in [0.1, 0.15) is 16.6 Å². The fourth-order valence-electron chi connectivity index (χ4n) is 1.72. The van der Waals surface area contributed by atoms with Crippen molar-refractivity contribution < 1.29 is 4.79 Å². The van der Waals surface area contributed by atoms with Gasteiger partial charge in [-0.15, -0.1) is 11.3 Å². The third-order valence-corrected chi connectivity index (χ3v) is 5.84. The van der Waals surface area contributed by atoms with E-state index in [9.17, 15) is 4.79 Å². The van der Waals surface area contributed by atoms with E-state index in [0.717, 1.165) is 13.9 Å². The predicted octanol–water partition coefficient (Wildman–Crippen LogP) is 4.52. The second-order valence-electron chi connectivity index (χ2n) is 3.88. The molecule has 0 spiro atoms. The highest BCUT2D eigenvalue weighted by atomic mass is 79.9. The molecule has 1 heterocycles. The van der Waals surface area contributed by atoms with E-state index in [-0.39, 0.29) is 5.91 Å². The van der Waals surface area contributed by atoms with Gasteiger partial charge in [0.2, 0.25) is 0 Å². The minimum absolute atomic E-state index is 0.0236. The number of nitrogens with zero attached hydrogens (tertiary/aromatic N) is 1. The van der Waals surface area contributed by atoms with E-state index in [2.05, 4.69) is 31.9 Å². The topological polar surface area (TPSA) is 46.3 Å². The molecule has 100 valence electrons. The first-order chi connectivity index (χ1) is 9.02. The van der Waals surface area contributed by atoms with Gasteiger partial charge in [0.25, 0.3) is 5.91 Å². The summed E-state index contributed by atoms with van der Waals surface area (Å²) < 4.78 is 1.81. The number of carbonyl (C=O) groups is 1. The van der Waals surface area contributed by atoms with Gasteiger partial charge >= 0.3 is 0 Å². The Bertz CT molecular complexity index is 593. The zero-order valence-electron chi connectivity index (χ0n) is 10.2. The van der Waals surface area contributed by atoms with Crippen molar-refractivity contribution in [3.63, 3.8) is 0 Å². The lowest BCUT2D eigenvalue weighted by molar-refractivity contribution is 0.0992. The van der Waals surface area contributed by atoms with Gasteiger partial charge in [0.05, 0.1) is 8.66 Å². The van der Waals surface area contributed by atoms with Crippen molar-refractivity contribution in [3.8, 4) is 0 Å². The molecule has 6 heteroatoms. The molecule has 1 amide bonds. The normalized spacial score (nSPS) is 10.5. The molecule has 2 N–H and O–H groups in total. The maximum atomic E-state index is 12.5.